The number of benzene rings is 2. The Morgan fingerprint density at radius 1 is 1.07 bits per heavy atom. The molecule has 9 nitrogen and oxygen atoms in total. The molecule has 30 heavy (non-hydrogen) atoms. The van der Waals surface area contributed by atoms with E-state index in [-0.39, 0.29) is 22.8 Å². The Hall–Kier alpha value is -2.54. The van der Waals surface area contributed by atoms with Gasteiger partial charge in [0.05, 0.1) is 27.1 Å². The number of ether oxygens (including phenoxy) is 1. The normalized spacial score (nSPS) is 12.1. The Labute approximate surface area is 178 Å². The van der Waals surface area contributed by atoms with Crippen molar-refractivity contribution in [2.24, 2.45) is 0 Å². The zero-order valence-electron chi connectivity index (χ0n) is 16.1. The van der Waals surface area contributed by atoms with Gasteiger partial charge in [-0.05, 0) is 42.5 Å². The molecule has 1 heterocycles. The molecule has 3 aromatic rings. The molecule has 0 aliphatic carbocycles. The van der Waals surface area contributed by atoms with Crippen LogP contribution in [0.15, 0.2) is 52.3 Å². The van der Waals surface area contributed by atoms with Gasteiger partial charge in [0.1, 0.15) is 5.75 Å². The maximum absolute atomic E-state index is 12.3. The van der Waals surface area contributed by atoms with Crippen LogP contribution < -0.4 is 14.8 Å². The molecule has 12 heteroatoms. The van der Waals surface area contributed by atoms with Gasteiger partial charge in [-0.15, -0.1) is 0 Å². The summed E-state index contributed by atoms with van der Waals surface area (Å²) in [4.78, 5) is 16.6. The second-order valence-corrected chi connectivity index (χ2v) is 11.1. The molecule has 0 saturated carbocycles. The fourth-order valence-electron chi connectivity index (χ4n) is 2.51. The van der Waals surface area contributed by atoms with E-state index in [4.69, 9.17) is 4.74 Å². The molecular formula is C18H19N3O6S3. The highest BCUT2D eigenvalue weighted by atomic mass is 32.2. The van der Waals surface area contributed by atoms with Crippen LogP contribution in [0.3, 0.4) is 0 Å². The highest BCUT2D eigenvalue weighted by molar-refractivity contribution is 7.90. The molecule has 2 N–H and O–H groups in total. The van der Waals surface area contributed by atoms with Gasteiger partial charge in [-0.2, -0.15) is 0 Å². The molecule has 0 unspecified atom stereocenters. The zero-order chi connectivity index (χ0) is 21.9. The van der Waals surface area contributed by atoms with Crippen LogP contribution in [0, 0.1) is 0 Å². The predicted molar refractivity (Wildman–Crippen MR) is 114 cm³/mol. The fourth-order valence-corrected chi connectivity index (χ4v) is 5.18. The smallest absolute Gasteiger partial charge is 0.240 e. The molecule has 160 valence electrons. The summed E-state index contributed by atoms with van der Waals surface area (Å²) in [5, 5.41) is 2.90. The van der Waals surface area contributed by atoms with Crippen molar-refractivity contribution in [2.75, 3.05) is 25.2 Å². The Morgan fingerprint density at radius 2 is 1.73 bits per heavy atom. The van der Waals surface area contributed by atoms with Crippen LogP contribution in [-0.2, 0) is 24.7 Å². The molecule has 0 aliphatic rings. The van der Waals surface area contributed by atoms with Crippen molar-refractivity contribution < 1.29 is 26.4 Å². The van der Waals surface area contributed by atoms with Gasteiger partial charge in [0.2, 0.25) is 15.9 Å². The van der Waals surface area contributed by atoms with Crippen molar-refractivity contribution in [3.05, 3.63) is 42.5 Å². The number of hydrogen-bond donors (Lipinski definition) is 2. The van der Waals surface area contributed by atoms with E-state index in [1.165, 1.54) is 43.5 Å². The molecule has 1 amide bonds. The number of hydrogen-bond acceptors (Lipinski definition) is 8. The van der Waals surface area contributed by atoms with E-state index >= 15 is 0 Å². The number of sulfone groups is 1. The number of fused-ring (bicyclic) bond motifs is 1. The highest BCUT2D eigenvalue weighted by Crippen LogP contribution is 2.28. The molecule has 2 aromatic carbocycles. The molecule has 3 rings (SSSR count). The number of carbonyl (C=O) groups excluding carboxylic acids is 1. The number of amides is 1. The lowest BCUT2D eigenvalue weighted by atomic mass is 10.3. The summed E-state index contributed by atoms with van der Waals surface area (Å²) < 4.78 is 55.8. The summed E-state index contributed by atoms with van der Waals surface area (Å²) >= 11 is 1.14. The minimum atomic E-state index is -3.75. The highest BCUT2D eigenvalue weighted by Gasteiger charge is 2.15. The largest absolute Gasteiger partial charge is 0.497 e. The first-order valence-corrected chi connectivity index (χ1v) is 12.8. The lowest BCUT2D eigenvalue weighted by molar-refractivity contribution is -0.116. The van der Waals surface area contributed by atoms with Gasteiger partial charge in [0.15, 0.2) is 15.0 Å². The van der Waals surface area contributed by atoms with E-state index in [2.05, 4.69) is 15.0 Å². The van der Waals surface area contributed by atoms with Crippen LogP contribution in [0.4, 0.5) is 5.13 Å². The topological polar surface area (TPSA) is 132 Å². The van der Waals surface area contributed by atoms with Gasteiger partial charge in [0.25, 0.3) is 0 Å². The lowest BCUT2D eigenvalue weighted by Gasteiger charge is -2.07. The molecular weight excluding hydrogens is 450 g/mol. The number of rotatable bonds is 8. The maximum Gasteiger partial charge on any atom is 0.240 e. The Morgan fingerprint density at radius 3 is 2.37 bits per heavy atom. The van der Waals surface area contributed by atoms with E-state index in [1.807, 2.05) is 0 Å². The van der Waals surface area contributed by atoms with E-state index in [0.29, 0.717) is 21.1 Å². The lowest BCUT2D eigenvalue weighted by Crippen LogP contribution is -2.27. The SMILES string of the molecule is COc1ccc(S(=O)(=O)NCCC(=O)Nc2nc3ccc(S(C)(=O)=O)cc3s2)cc1. The third-order valence-corrected chi connectivity index (χ3v) is 7.57. The van der Waals surface area contributed by atoms with Crippen LogP contribution >= 0.6 is 11.3 Å². The van der Waals surface area contributed by atoms with Gasteiger partial charge in [0, 0.05) is 19.2 Å². The number of anilines is 1. The molecule has 0 spiro atoms. The van der Waals surface area contributed by atoms with Crippen molar-refractivity contribution >= 4 is 52.5 Å². The van der Waals surface area contributed by atoms with E-state index < -0.39 is 25.8 Å². The standard InChI is InChI=1S/C18H19N3O6S3/c1-27-12-3-5-13(6-4-12)30(25,26)19-10-9-17(22)21-18-20-15-8-7-14(29(2,23)24)11-16(15)28-18/h3-8,11,19H,9-10H2,1-2H3,(H,20,21,22). The van der Waals surface area contributed by atoms with Crippen molar-refractivity contribution in [3.63, 3.8) is 0 Å². The Bertz CT molecular complexity index is 1280. The summed E-state index contributed by atoms with van der Waals surface area (Å²) in [5.74, 6) is 0.114. The van der Waals surface area contributed by atoms with E-state index in [9.17, 15) is 21.6 Å². The predicted octanol–water partition coefficient (Wildman–Crippen LogP) is 2.02. The molecule has 1 aromatic heterocycles. The molecule has 0 atom stereocenters. The Balaban J connectivity index is 1.59. The van der Waals surface area contributed by atoms with Crippen LogP contribution in [0.1, 0.15) is 6.42 Å². The van der Waals surface area contributed by atoms with Crippen molar-refractivity contribution in [2.45, 2.75) is 16.2 Å². The van der Waals surface area contributed by atoms with Gasteiger partial charge in [-0.1, -0.05) is 11.3 Å². The number of carbonyl (C=O) groups is 1. The monoisotopic (exact) mass is 469 g/mol. The second-order valence-electron chi connectivity index (χ2n) is 6.29. The number of nitrogens with one attached hydrogen (secondary N) is 2. The molecule has 0 radical (unpaired) electrons. The first kappa shape index (κ1) is 22.2. The first-order valence-electron chi connectivity index (χ1n) is 8.63. The molecule has 0 saturated heterocycles. The number of aromatic nitrogens is 1. The van der Waals surface area contributed by atoms with Crippen LogP contribution in [0.25, 0.3) is 10.2 Å². The van der Waals surface area contributed by atoms with Gasteiger partial charge < -0.3 is 10.1 Å². The van der Waals surface area contributed by atoms with Crippen LogP contribution in [0.2, 0.25) is 0 Å². The summed E-state index contributed by atoms with van der Waals surface area (Å²) in [7, 11) is -5.61. The second kappa shape index (κ2) is 8.68. The minimum Gasteiger partial charge on any atom is -0.497 e. The summed E-state index contributed by atoms with van der Waals surface area (Å²) in [6.45, 7) is -0.0939. The average Bonchev–Trinajstić information content (AvgIpc) is 3.08. The average molecular weight is 470 g/mol. The van der Waals surface area contributed by atoms with Crippen LogP contribution in [0.5, 0.6) is 5.75 Å². The van der Waals surface area contributed by atoms with E-state index in [1.54, 1.807) is 6.07 Å². The third-order valence-electron chi connectivity index (χ3n) is 4.05. The maximum atomic E-state index is 12.3. The Kier molecular flexibility index (Phi) is 6.41. The molecule has 0 bridgehead atoms. The van der Waals surface area contributed by atoms with E-state index in [0.717, 1.165) is 17.6 Å². The van der Waals surface area contributed by atoms with Gasteiger partial charge in [-0.25, -0.2) is 26.5 Å². The first-order chi connectivity index (χ1) is 14.1. The zero-order valence-corrected chi connectivity index (χ0v) is 18.5. The van der Waals surface area contributed by atoms with Crippen molar-refractivity contribution in [1.82, 2.24) is 9.71 Å². The fraction of sp³-hybridized carbons (Fsp3) is 0.222. The van der Waals surface area contributed by atoms with Gasteiger partial charge in [-0.3, -0.25) is 4.79 Å². The van der Waals surface area contributed by atoms with Crippen LogP contribution in [-0.4, -0.2) is 47.6 Å². The summed E-state index contributed by atoms with van der Waals surface area (Å²) in [6, 6.07) is 10.4. The minimum absolute atomic E-state index is 0.0663. The number of sulfonamides is 1. The summed E-state index contributed by atoms with van der Waals surface area (Å²) in [5.41, 5.74) is 0.558. The number of thiazole rings is 1. The quantitative estimate of drug-likeness (QED) is 0.516. The van der Waals surface area contributed by atoms with Gasteiger partial charge >= 0.3 is 0 Å². The molecule has 0 fully saturated rings. The molecule has 0 aliphatic heterocycles. The third kappa shape index (κ3) is 5.33. The van der Waals surface area contributed by atoms with Crippen molar-refractivity contribution in [3.8, 4) is 5.75 Å². The summed E-state index contributed by atoms with van der Waals surface area (Å²) in [6.07, 6.45) is 1.02. The van der Waals surface area contributed by atoms with Crippen molar-refractivity contribution in [1.29, 1.82) is 0 Å². The number of nitrogens with zero attached hydrogens (tertiary/aromatic N) is 1. The number of methoxy groups -OCH3 is 1.